The van der Waals surface area contributed by atoms with Gasteiger partial charge in [0, 0.05) is 13.1 Å². The van der Waals surface area contributed by atoms with Gasteiger partial charge in [-0.3, -0.25) is 4.79 Å². The topological polar surface area (TPSA) is 70.8 Å². The van der Waals surface area contributed by atoms with Crippen LogP contribution in [0, 0.1) is 0 Å². The number of nitrogens with zero attached hydrogens (tertiary/aromatic N) is 1. The summed E-state index contributed by atoms with van der Waals surface area (Å²) in [4.78, 5) is 23.5. The van der Waals surface area contributed by atoms with Gasteiger partial charge in [0.25, 0.3) is 5.91 Å². The minimum Gasteiger partial charge on any atom is -0.480 e. The first-order chi connectivity index (χ1) is 6.93. The van der Waals surface area contributed by atoms with Crippen molar-refractivity contribution in [1.29, 1.82) is 0 Å². The molecule has 0 spiro atoms. The fraction of sp³-hybridized carbons (Fsp3) is 0.333. The standard InChI is InChI=1S/C9H10BrNO4/c1-5(9(13)14)11(2)8(12)6-3-7(10)15-4-6/h3-5H,1-2H3,(H,13,14). The molecule has 1 heterocycles. The molecule has 1 N–H and O–H groups in total. The molecule has 1 unspecified atom stereocenters. The largest absolute Gasteiger partial charge is 0.480 e. The monoisotopic (exact) mass is 275 g/mol. The van der Waals surface area contributed by atoms with Crippen LogP contribution < -0.4 is 0 Å². The third kappa shape index (κ3) is 2.59. The molecule has 6 heteroatoms. The Morgan fingerprint density at radius 1 is 1.60 bits per heavy atom. The molecule has 1 rings (SSSR count). The highest BCUT2D eigenvalue weighted by atomic mass is 79.9. The number of hydrogen-bond acceptors (Lipinski definition) is 3. The lowest BCUT2D eigenvalue weighted by Gasteiger charge is -2.20. The zero-order valence-corrected chi connectivity index (χ0v) is 9.82. The number of carboxylic acids is 1. The summed E-state index contributed by atoms with van der Waals surface area (Å²) >= 11 is 3.06. The fourth-order valence-electron chi connectivity index (χ4n) is 0.967. The molecule has 1 aromatic heterocycles. The van der Waals surface area contributed by atoms with Gasteiger partial charge in [0.2, 0.25) is 0 Å². The number of carboxylic acid groups (broad SMARTS) is 1. The van der Waals surface area contributed by atoms with Crippen molar-refractivity contribution < 1.29 is 19.1 Å². The van der Waals surface area contributed by atoms with Crippen molar-refractivity contribution in [2.45, 2.75) is 13.0 Å². The Morgan fingerprint density at radius 2 is 2.20 bits per heavy atom. The molecule has 1 amide bonds. The Bertz CT molecular complexity index is 387. The van der Waals surface area contributed by atoms with Gasteiger partial charge in [-0.1, -0.05) is 0 Å². The molecule has 1 aromatic rings. The molecular formula is C9H10BrNO4. The summed E-state index contributed by atoms with van der Waals surface area (Å²) in [7, 11) is 1.43. The van der Waals surface area contributed by atoms with E-state index in [9.17, 15) is 9.59 Å². The van der Waals surface area contributed by atoms with Gasteiger partial charge in [0.1, 0.15) is 12.3 Å². The zero-order chi connectivity index (χ0) is 11.6. The quantitative estimate of drug-likeness (QED) is 0.910. The average Bonchev–Trinajstić information content (AvgIpc) is 2.61. The van der Waals surface area contributed by atoms with E-state index < -0.39 is 12.0 Å². The number of halogens is 1. The van der Waals surface area contributed by atoms with Crippen molar-refractivity contribution in [1.82, 2.24) is 4.90 Å². The second-order valence-electron chi connectivity index (χ2n) is 3.07. The summed E-state index contributed by atoms with van der Waals surface area (Å²) in [5.41, 5.74) is 0.317. The molecule has 0 aromatic carbocycles. The maximum absolute atomic E-state index is 11.7. The molecule has 0 radical (unpaired) electrons. The minimum absolute atomic E-state index is 0.317. The van der Waals surface area contributed by atoms with Crippen LogP contribution in [0.1, 0.15) is 17.3 Å². The number of rotatable bonds is 3. The third-order valence-corrected chi connectivity index (χ3v) is 2.49. The van der Waals surface area contributed by atoms with Crippen molar-refractivity contribution in [3.05, 3.63) is 22.6 Å². The number of furan rings is 1. The Labute approximate surface area is 94.8 Å². The van der Waals surface area contributed by atoms with Gasteiger partial charge in [-0.05, 0) is 22.9 Å². The van der Waals surface area contributed by atoms with Crippen LogP contribution in [-0.2, 0) is 4.79 Å². The van der Waals surface area contributed by atoms with E-state index in [2.05, 4.69) is 15.9 Å². The van der Waals surface area contributed by atoms with E-state index in [1.54, 1.807) is 0 Å². The van der Waals surface area contributed by atoms with Crippen LogP contribution in [-0.4, -0.2) is 35.0 Å². The maximum atomic E-state index is 11.7. The van der Waals surface area contributed by atoms with Gasteiger partial charge in [-0.2, -0.15) is 0 Å². The van der Waals surface area contributed by atoms with Crippen LogP contribution in [0.4, 0.5) is 0 Å². The Kier molecular flexibility index (Phi) is 3.52. The van der Waals surface area contributed by atoms with E-state index in [0.29, 0.717) is 10.2 Å². The van der Waals surface area contributed by atoms with E-state index >= 15 is 0 Å². The number of aliphatic carboxylic acids is 1. The molecule has 0 saturated carbocycles. The molecule has 0 aliphatic carbocycles. The summed E-state index contributed by atoms with van der Waals surface area (Å²) < 4.78 is 5.33. The molecule has 15 heavy (non-hydrogen) atoms. The van der Waals surface area contributed by atoms with Gasteiger partial charge >= 0.3 is 5.97 Å². The molecule has 5 nitrogen and oxygen atoms in total. The van der Waals surface area contributed by atoms with Crippen molar-refractivity contribution in [3.8, 4) is 0 Å². The number of carbonyl (C=O) groups is 2. The average molecular weight is 276 g/mol. The number of likely N-dealkylation sites (N-methyl/N-ethyl adjacent to an activating group) is 1. The Morgan fingerprint density at radius 3 is 2.60 bits per heavy atom. The molecular weight excluding hydrogens is 266 g/mol. The molecule has 0 bridgehead atoms. The lowest BCUT2D eigenvalue weighted by Crippen LogP contribution is -2.40. The van der Waals surface area contributed by atoms with Gasteiger partial charge in [0.05, 0.1) is 5.56 Å². The lowest BCUT2D eigenvalue weighted by atomic mass is 10.2. The van der Waals surface area contributed by atoms with E-state index in [1.807, 2.05) is 0 Å². The van der Waals surface area contributed by atoms with Gasteiger partial charge in [0.15, 0.2) is 4.67 Å². The Balaban J connectivity index is 2.81. The molecule has 82 valence electrons. The predicted molar refractivity (Wildman–Crippen MR) is 55.6 cm³/mol. The predicted octanol–water partition coefficient (Wildman–Crippen LogP) is 1.59. The molecule has 0 aliphatic rings. The van der Waals surface area contributed by atoms with E-state index in [1.165, 1.54) is 26.3 Å². The SMILES string of the molecule is CC(C(=O)O)N(C)C(=O)c1coc(Br)c1. The summed E-state index contributed by atoms with van der Waals surface area (Å²) in [5.74, 6) is -1.44. The smallest absolute Gasteiger partial charge is 0.326 e. The van der Waals surface area contributed by atoms with Crippen LogP contribution in [0.15, 0.2) is 21.4 Å². The van der Waals surface area contributed by atoms with Gasteiger partial charge in [-0.15, -0.1) is 0 Å². The van der Waals surface area contributed by atoms with Crippen LogP contribution in [0.3, 0.4) is 0 Å². The molecule has 0 fully saturated rings. The number of hydrogen-bond donors (Lipinski definition) is 1. The first-order valence-corrected chi connectivity index (χ1v) is 4.96. The molecule has 1 atom stereocenters. The first kappa shape index (κ1) is 11.8. The highest BCUT2D eigenvalue weighted by Gasteiger charge is 2.23. The minimum atomic E-state index is -1.05. The number of carbonyl (C=O) groups excluding carboxylic acids is 1. The van der Waals surface area contributed by atoms with Crippen LogP contribution in [0.5, 0.6) is 0 Å². The highest BCUT2D eigenvalue weighted by Crippen LogP contribution is 2.16. The van der Waals surface area contributed by atoms with Crippen molar-refractivity contribution in [3.63, 3.8) is 0 Å². The second-order valence-corrected chi connectivity index (χ2v) is 3.85. The van der Waals surface area contributed by atoms with Gasteiger partial charge in [-0.25, -0.2) is 4.79 Å². The van der Waals surface area contributed by atoms with E-state index in [4.69, 9.17) is 9.52 Å². The zero-order valence-electron chi connectivity index (χ0n) is 8.23. The number of amides is 1. The second kappa shape index (κ2) is 4.48. The summed E-state index contributed by atoms with van der Waals surface area (Å²) in [6.45, 7) is 1.44. The third-order valence-electron chi connectivity index (χ3n) is 2.07. The normalized spacial score (nSPS) is 12.2. The molecule has 0 saturated heterocycles. The van der Waals surface area contributed by atoms with Gasteiger partial charge < -0.3 is 14.4 Å². The highest BCUT2D eigenvalue weighted by molar-refractivity contribution is 9.10. The van der Waals surface area contributed by atoms with Crippen molar-refractivity contribution in [2.75, 3.05) is 7.05 Å². The lowest BCUT2D eigenvalue weighted by molar-refractivity contribution is -0.141. The van der Waals surface area contributed by atoms with E-state index in [-0.39, 0.29) is 5.91 Å². The van der Waals surface area contributed by atoms with Crippen LogP contribution >= 0.6 is 15.9 Å². The van der Waals surface area contributed by atoms with Crippen molar-refractivity contribution in [2.24, 2.45) is 0 Å². The molecule has 0 aliphatic heterocycles. The van der Waals surface area contributed by atoms with E-state index in [0.717, 1.165) is 4.90 Å². The Hall–Kier alpha value is -1.30. The fourth-order valence-corrected chi connectivity index (χ4v) is 1.31. The summed E-state index contributed by atoms with van der Waals surface area (Å²) in [6.07, 6.45) is 1.28. The summed E-state index contributed by atoms with van der Waals surface area (Å²) in [5, 5.41) is 8.73. The van der Waals surface area contributed by atoms with Crippen LogP contribution in [0.2, 0.25) is 0 Å². The summed E-state index contributed by atoms with van der Waals surface area (Å²) in [6, 6.07) is 0.624. The first-order valence-electron chi connectivity index (χ1n) is 4.17. The van der Waals surface area contributed by atoms with Crippen molar-refractivity contribution >= 4 is 27.8 Å². The maximum Gasteiger partial charge on any atom is 0.326 e. The van der Waals surface area contributed by atoms with Crippen LogP contribution in [0.25, 0.3) is 0 Å².